The van der Waals surface area contributed by atoms with Gasteiger partial charge in [-0.25, -0.2) is 0 Å². The number of carbonyl (C=O) groups excluding carboxylic acids is 3. The molecule has 6 nitrogen and oxygen atoms in total. The molecule has 428 valence electrons. The van der Waals surface area contributed by atoms with Crippen LogP contribution in [0.5, 0.6) is 0 Å². The van der Waals surface area contributed by atoms with Crippen molar-refractivity contribution in [1.82, 2.24) is 0 Å². The third-order valence-electron chi connectivity index (χ3n) is 15.4. The molecule has 6 heteroatoms. The Morgan fingerprint density at radius 1 is 0.222 bits per heavy atom. The first-order valence-corrected chi connectivity index (χ1v) is 33.0. The summed E-state index contributed by atoms with van der Waals surface area (Å²) in [7, 11) is 0. The molecule has 0 heterocycles. The minimum atomic E-state index is -0.761. The van der Waals surface area contributed by atoms with Crippen molar-refractivity contribution < 1.29 is 28.6 Å². The third kappa shape index (κ3) is 59.3. The van der Waals surface area contributed by atoms with Gasteiger partial charge in [0.2, 0.25) is 0 Å². The summed E-state index contributed by atoms with van der Waals surface area (Å²) in [6, 6.07) is 0. The molecule has 0 saturated carbocycles. The van der Waals surface area contributed by atoms with E-state index >= 15 is 0 Å². The Bertz CT molecular complexity index is 1080. The van der Waals surface area contributed by atoms with E-state index in [1.165, 1.54) is 289 Å². The second-order valence-electron chi connectivity index (χ2n) is 22.8. The highest BCUT2D eigenvalue weighted by Crippen LogP contribution is 2.19. The van der Waals surface area contributed by atoms with Crippen molar-refractivity contribution in [3.05, 3.63) is 0 Å². The molecular formula is C66H128O6. The maximum absolute atomic E-state index is 12.8. The molecule has 72 heavy (non-hydrogen) atoms. The summed E-state index contributed by atoms with van der Waals surface area (Å²) in [6.07, 6.45) is 71.5. The summed E-state index contributed by atoms with van der Waals surface area (Å²) >= 11 is 0. The number of unbranched alkanes of at least 4 members (excludes halogenated alkanes) is 51. The van der Waals surface area contributed by atoms with Gasteiger partial charge in [-0.15, -0.1) is 0 Å². The van der Waals surface area contributed by atoms with Gasteiger partial charge >= 0.3 is 17.9 Å². The SMILES string of the molecule is CCCCCCCCCCCCCCCCCCCCCCCCCCCCCCCC(=O)OCC(COC(=O)CCCCCCCCCC)OC(=O)CCCCCCCCCCCCCCCCCCC. The fourth-order valence-electron chi connectivity index (χ4n) is 10.4. The van der Waals surface area contributed by atoms with Gasteiger partial charge in [-0.05, 0) is 19.3 Å². The molecule has 0 aromatic carbocycles. The van der Waals surface area contributed by atoms with Crippen LogP contribution in [0.4, 0.5) is 0 Å². The predicted molar refractivity (Wildman–Crippen MR) is 312 cm³/mol. The molecule has 0 radical (unpaired) electrons. The standard InChI is InChI=1S/C66H128O6/c1-4-7-10-13-16-19-21-23-25-27-28-29-30-31-32-33-34-35-36-37-38-40-41-43-45-47-50-53-56-59-65(68)71-62-63(61-70-64(67)58-55-52-49-18-15-12-9-6-3)72-66(69)60-57-54-51-48-46-44-42-39-26-24-22-20-17-14-11-8-5-2/h63H,4-62H2,1-3H3. The van der Waals surface area contributed by atoms with Crippen molar-refractivity contribution in [1.29, 1.82) is 0 Å². The van der Waals surface area contributed by atoms with Crippen LogP contribution in [0.3, 0.4) is 0 Å². The average molecular weight is 1020 g/mol. The summed E-state index contributed by atoms with van der Waals surface area (Å²) in [5, 5.41) is 0. The van der Waals surface area contributed by atoms with E-state index in [-0.39, 0.29) is 31.1 Å². The quantitative estimate of drug-likeness (QED) is 0.0343. The zero-order valence-corrected chi connectivity index (χ0v) is 49.2. The second kappa shape index (κ2) is 62.0. The van der Waals surface area contributed by atoms with Crippen LogP contribution in [0, 0.1) is 0 Å². The van der Waals surface area contributed by atoms with Crippen LogP contribution in [0.25, 0.3) is 0 Å². The van der Waals surface area contributed by atoms with Crippen molar-refractivity contribution in [2.75, 3.05) is 13.2 Å². The smallest absolute Gasteiger partial charge is 0.306 e. The highest BCUT2D eigenvalue weighted by atomic mass is 16.6. The lowest BCUT2D eigenvalue weighted by Gasteiger charge is -2.18. The molecule has 0 aromatic heterocycles. The van der Waals surface area contributed by atoms with E-state index in [1.807, 2.05) is 0 Å². The van der Waals surface area contributed by atoms with Gasteiger partial charge in [-0.3, -0.25) is 14.4 Å². The molecule has 0 rings (SSSR count). The van der Waals surface area contributed by atoms with Crippen molar-refractivity contribution in [3.63, 3.8) is 0 Å². The van der Waals surface area contributed by atoms with E-state index in [9.17, 15) is 14.4 Å². The Hall–Kier alpha value is -1.59. The van der Waals surface area contributed by atoms with Gasteiger partial charge < -0.3 is 14.2 Å². The lowest BCUT2D eigenvalue weighted by Crippen LogP contribution is -2.30. The summed E-state index contributed by atoms with van der Waals surface area (Å²) < 4.78 is 16.9. The number of ether oxygens (including phenoxy) is 3. The summed E-state index contributed by atoms with van der Waals surface area (Å²) in [6.45, 7) is 6.69. The van der Waals surface area contributed by atoms with Gasteiger partial charge in [0, 0.05) is 19.3 Å². The number of hydrogen-bond donors (Lipinski definition) is 0. The van der Waals surface area contributed by atoms with Crippen LogP contribution in [0.1, 0.15) is 387 Å². The molecule has 0 aliphatic carbocycles. The summed E-state index contributed by atoms with van der Waals surface area (Å²) in [5.74, 6) is -0.834. The van der Waals surface area contributed by atoms with E-state index < -0.39 is 6.10 Å². The van der Waals surface area contributed by atoms with Gasteiger partial charge in [-0.2, -0.15) is 0 Å². The van der Waals surface area contributed by atoms with Gasteiger partial charge in [-0.1, -0.05) is 348 Å². The number of esters is 3. The van der Waals surface area contributed by atoms with Gasteiger partial charge in [0.25, 0.3) is 0 Å². The fourth-order valence-corrected chi connectivity index (χ4v) is 10.4. The van der Waals surface area contributed by atoms with Crippen LogP contribution in [0.15, 0.2) is 0 Å². The van der Waals surface area contributed by atoms with Crippen LogP contribution in [-0.4, -0.2) is 37.2 Å². The van der Waals surface area contributed by atoms with Gasteiger partial charge in [0.05, 0.1) is 0 Å². The lowest BCUT2D eigenvalue weighted by atomic mass is 10.0. The zero-order valence-electron chi connectivity index (χ0n) is 49.2. The lowest BCUT2D eigenvalue weighted by molar-refractivity contribution is -0.167. The monoisotopic (exact) mass is 1020 g/mol. The van der Waals surface area contributed by atoms with E-state index in [0.717, 1.165) is 57.8 Å². The van der Waals surface area contributed by atoms with Crippen molar-refractivity contribution in [2.24, 2.45) is 0 Å². The van der Waals surface area contributed by atoms with Gasteiger partial charge in [0.15, 0.2) is 6.10 Å². The van der Waals surface area contributed by atoms with Crippen molar-refractivity contribution in [2.45, 2.75) is 393 Å². The number of hydrogen-bond acceptors (Lipinski definition) is 6. The summed E-state index contributed by atoms with van der Waals surface area (Å²) in [4.78, 5) is 38.1. The molecule has 0 saturated heterocycles. The zero-order chi connectivity index (χ0) is 52.2. The summed E-state index contributed by atoms with van der Waals surface area (Å²) in [5.41, 5.74) is 0. The molecule has 0 fully saturated rings. The van der Waals surface area contributed by atoms with Crippen molar-refractivity contribution >= 4 is 17.9 Å². The number of rotatable bonds is 62. The molecule has 0 aromatic rings. The Morgan fingerprint density at radius 2 is 0.375 bits per heavy atom. The Balaban J connectivity index is 4.01. The van der Waals surface area contributed by atoms with Crippen LogP contribution >= 0.6 is 0 Å². The van der Waals surface area contributed by atoms with Crippen LogP contribution in [0.2, 0.25) is 0 Å². The molecule has 0 spiro atoms. The minimum absolute atomic E-state index is 0.0613. The Kier molecular flexibility index (Phi) is 60.6. The molecule has 1 atom stereocenters. The first kappa shape index (κ1) is 70.4. The minimum Gasteiger partial charge on any atom is -0.462 e. The first-order chi connectivity index (χ1) is 35.5. The molecule has 1 unspecified atom stereocenters. The molecule has 0 N–H and O–H groups in total. The Labute approximate surface area is 450 Å². The van der Waals surface area contributed by atoms with Gasteiger partial charge in [0.1, 0.15) is 13.2 Å². The maximum atomic E-state index is 12.8. The van der Waals surface area contributed by atoms with Crippen LogP contribution < -0.4 is 0 Å². The highest BCUT2D eigenvalue weighted by Gasteiger charge is 2.19. The number of carbonyl (C=O) groups is 3. The fraction of sp³-hybridized carbons (Fsp3) is 0.955. The molecule has 0 aliphatic rings. The van der Waals surface area contributed by atoms with E-state index in [2.05, 4.69) is 20.8 Å². The highest BCUT2D eigenvalue weighted by molar-refractivity contribution is 5.71. The molecule has 0 bridgehead atoms. The molecule has 0 aliphatic heterocycles. The second-order valence-corrected chi connectivity index (χ2v) is 22.8. The van der Waals surface area contributed by atoms with E-state index in [4.69, 9.17) is 14.2 Å². The largest absolute Gasteiger partial charge is 0.462 e. The maximum Gasteiger partial charge on any atom is 0.306 e. The Morgan fingerprint density at radius 3 is 0.556 bits per heavy atom. The van der Waals surface area contributed by atoms with Crippen LogP contribution in [-0.2, 0) is 28.6 Å². The molecular weight excluding hydrogens is 889 g/mol. The van der Waals surface area contributed by atoms with E-state index in [0.29, 0.717) is 19.3 Å². The normalized spacial score (nSPS) is 11.9. The predicted octanol–water partition coefficient (Wildman–Crippen LogP) is 22.3. The van der Waals surface area contributed by atoms with Crippen molar-refractivity contribution in [3.8, 4) is 0 Å². The third-order valence-corrected chi connectivity index (χ3v) is 15.4. The first-order valence-electron chi connectivity index (χ1n) is 33.0. The average Bonchev–Trinajstić information content (AvgIpc) is 3.38. The molecule has 0 amide bonds. The van der Waals surface area contributed by atoms with E-state index in [1.54, 1.807) is 0 Å². The topological polar surface area (TPSA) is 78.9 Å².